The van der Waals surface area contributed by atoms with Crippen LogP contribution in [0.1, 0.15) is 129 Å². The van der Waals surface area contributed by atoms with Crippen molar-refractivity contribution in [3.05, 3.63) is 85.1 Å². The zero-order valence-electron chi connectivity index (χ0n) is 34.2. The van der Waals surface area contributed by atoms with Crippen LogP contribution >= 0.6 is 7.82 Å². The largest absolute Gasteiger partial charge is 0.756 e. The lowest BCUT2D eigenvalue weighted by atomic mass is 10.1. The average molecular weight is 762 g/mol. The third-order valence-corrected chi connectivity index (χ3v) is 8.91. The number of rotatable bonds is 36. The van der Waals surface area contributed by atoms with Crippen LogP contribution in [-0.4, -0.2) is 70.7 Å². The van der Waals surface area contributed by atoms with Gasteiger partial charge in [0.2, 0.25) is 0 Å². The Morgan fingerprint density at radius 3 is 1.64 bits per heavy atom. The van der Waals surface area contributed by atoms with Gasteiger partial charge in [-0.3, -0.25) is 9.36 Å². The van der Waals surface area contributed by atoms with Crippen LogP contribution in [0.4, 0.5) is 0 Å². The third kappa shape index (κ3) is 40.7. The Labute approximate surface area is 325 Å². The van der Waals surface area contributed by atoms with Crippen LogP contribution in [0, 0.1) is 0 Å². The molecule has 53 heavy (non-hydrogen) atoms. The van der Waals surface area contributed by atoms with Gasteiger partial charge in [-0.1, -0.05) is 137 Å². The number of quaternary nitrogens is 1. The summed E-state index contributed by atoms with van der Waals surface area (Å²) in [7, 11) is 1.29. The van der Waals surface area contributed by atoms with Gasteiger partial charge in [0.1, 0.15) is 19.3 Å². The van der Waals surface area contributed by atoms with Crippen molar-refractivity contribution in [3.63, 3.8) is 0 Å². The minimum atomic E-state index is -4.55. The Morgan fingerprint density at radius 1 is 0.604 bits per heavy atom. The van der Waals surface area contributed by atoms with E-state index in [1.807, 2.05) is 33.3 Å². The fourth-order valence-corrected chi connectivity index (χ4v) is 5.51. The molecule has 0 aliphatic heterocycles. The standard InChI is InChI=1S/C44H76NO7P/c1-6-8-10-12-14-16-18-20-21-22-23-24-25-26-27-29-31-33-35-37-44(46)52-43(42-51-53(47,48)50-40-38-45(3,4)5)41-49-39-36-34-32-30-28-19-17-15-13-11-9-7-2/h8,10,13-16,20-21,23-24,26-27,31,33,43H,6-7,9,11-12,17-19,22,25,28-30,32,34-42H2,1-5H3/b10-8-,15-13-,16-14-,21-20-,24-23-,27-26-,33-31-. The molecule has 0 aromatic rings. The number of carbonyl (C=O) groups excluding carboxylic acids is 1. The van der Waals surface area contributed by atoms with Crippen molar-refractivity contribution < 1.29 is 37.3 Å². The van der Waals surface area contributed by atoms with E-state index in [-0.39, 0.29) is 26.2 Å². The number of unbranched alkanes of at least 4 members (excludes halogenated alkanes) is 8. The third-order valence-electron chi connectivity index (χ3n) is 7.94. The minimum absolute atomic E-state index is 0.00679. The number of nitrogens with zero attached hydrogens (tertiary/aromatic N) is 1. The lowest BCUT2D eigenvalue weighted by molar-refractivity contribution is -0.870. The Kier molecular flexibility index (Phi) is 35.0. The van der Waals surface area contributed by atoms with Crippen molar-refractivity contribution >= 4 is 13.8 Å². The van der Waals surface area contributed by atoms with Gasteiger partial charge in [-0.05, 0) is 70.6 Å². The first-order chi connectivity index (χ1) is 25.6. The molecule has 9 heteroatoms. The van der Waals surface area contributed by atoms with Gasteiger partial charge < -0.3 is 27.9 Å². The van der Waals surface area contributed by atoms with Crippen molar-refractivity contribution in [2.75, 3.05) is 54.1 Å². The monoisotopic (exact) mass is 762 g/mol. The van der Waals surface area contributed by atoms with E-state index in [4.69, 9.17) is 18.5 Å². The molecular weight excluding hydrogens is 685 g/mol. The zero-order chi connectivity index (χ0) is 39.1. The van der Waals surface area contributed by atoms with E-state index in [0.717, 1.165) is 64.2 Å². The lowest BCUT2D eigenvalue weighted by Gasteiger charge is -2.28. The zero-order valence-corrected chi connectivity index (χ0v) is 35.1. The highest BCUT2D eigenvalue weighted by atomic mass is 31.2. The Balaban J connectivity index is 4.44. The summed E-state index contributed by atoms with van der Waals surface area (Å²) in [5.74, 6) is -0.423. The molecule has 0 fully saturated rings. The molecule has 2 atom stereocenters. The van der Waals surface area contributed by atoms with Gasteiger partial charge in [-0.2, -0.15) is 0 Å². The predicted octanol–water partition coefficient (Wildman–Crippen LogP) is 11.1. The normalized spacial score (nSPS) is 14.8. The summed E-state index contributed by atoms with van der Waals surface area (Å²) in [6, 6.07) is 0. The molecule has 0 saturated carbocycles. The number of hydrogen-bond donors (Lipinski definition) is 0. The molecule has 0 bridgehead atoms. The minimum Gasteiger partial charge on any atom is -0.756 e. The van der Waals surface area contributed by atoms with Crippen LogP contribution in [0.5, 0.6) is 0 Å². The van der Waals surface area contributed by atoms with E-state index in [2.05, 4.69) is 86.8 Å². The first kappa shape index (κ1) is 50.7. The summed E-state index contributed by atoms with van der Waals surface area (Å²) in [4.78, 5) is 24.9. The fourth-order valence-electron chi connectivity index (χ4n) is 4.79. The van der Waals surface area contributed by atoms with Gasteiger partial charge in [0, 0.05) is 13.0 Å². The highest BCUT2D eigenvalue weighted by Crippen LogP contribution is 2.38. The lowest BCUT2D eigenvalue weighted by Crippen LogP contribution is -2.37. The molecule has 0 N–H and O–H groups in total. The highest BCUT2D eigenvalue weighted by Gasteiger charge is 2.20. The molecule has 0 aliphatic carbocycles. The second kappa shape index (κ2) is 36.6. The predicted molar refractivity (Wildman–Crippen MR) is 222 cm³/mol. The van der Waals surface area contributed by atoms with E-state index in [1.54, 1.807) is 0 Å². The van der Waals surface area contributed by atoms with E-state index in [0.29, 0.717) is 24.1 Å². The number of ether oxygens (including phenoxy) is 2. The van der Waals surface area contributed by atoms with E-state index < -0.39 is 19.9 Å². The number of allylic oxidation sites excluding steroid dienone is 14. The van der Waals surface area contributed by atoms with Crippen LogP contribution in [0.15, 0.2) is 85.1 Å². The van der Waals surface area contributed by atoms with Crippen LogP contribution < -0.4 is 4.89 Å². The molecule has 0 amide bonds. The molecule has 8 nitrogen and oxygen atoms in total. The molecule has 0 spiro atoms. The van der Waals surface area contributed by atoms with E-state index in [9.17, 15) is 14.3 Å². The molecule has 0 aromatic carbocycles. The summed E-state index contributed by atoms with van der Waals surface area (Å²) >= 11 is 0. The summed E-state index contributed by atoms with van der Waals surface area (Å²) in [6.07, 6.45) is 47.5. The Morgan fingerprint density at radius 2 is 1.09 bits per heavy atom. The van der Waals surface area contributed by atoms with Crippen molar-refractivity contribution in [2.24, 2.45) is 0 Å². The van der Waals surface area contributed by atoms with Gasteiger partial charge in [0.05, 0.1) is 34.4 Å². The molecule has 2 unspecified atom stereocenters. The number of phosphoric acid groups is 1. The molecule has 304 valence electrons. The number of carbonyl (C=O) groups is 1. The molecule has 0 heterocycles. The maximum atomic E-state index is 12.6. The summed E-state index contributed by atoms with van der Waals surface area (Å²) in [5, 5.41) is 0. The number of phosphoric ester groups is 1. The van der Waals surface area contributed by atoms with Crippen LogP contribution in [0.2, 0.25) is 0 Å². The van der Waals surface area contributed by atoms with Crippen LogP contribution in [0.25, 0.3) is 0 Å². The Hall–Kier alpha value is -2.32. The molecule has 0 aliphatic rings. The smallest absolute Gasteiger partial charge is 0.306 e. The maximum absolute atomic E-state index is 12.6. The van der Waals surface area contributed by atoms with Crippen molar-refractivity contribution in [1.82, 2.24) is 0 Å². The van der Waals surface area contributed by atoms with Gasteiger partial charge in [-0.15, -0.1) is 0 Å². The maximum Gasteiger partial charge on any atom is 0.306 e. The first-order valence-electron chi connectivity index (χ1n) is 20.3. The second-order valence-electron chi connectivity index (χ2n) is 14.3. The van der Waals surface area contributed by atoms with Crippen LogP contribution in [-0.2, 0) is 27.9 Å². The summed E-state index contributed by atoms with van der Waals surface area (Å²) < 4.78 is 34.4. The quantitative estimate of drug-likeness (QED) is 0.0206. The van der Waals surface area contributed by atoms with Gasteiger partial charge in [0.25, 0.3) is 7.82 Å². The van der Waals surface area contributed by atoms with Crippen LogP contribution in [0.3, 0.4) is 0 Å². The SMILES string of the molecule is CC/C=C\C/C=C\C/C=C\C/C=C\C/C=C\C/C=C\CCC(=O)OC(COCCCCCCCC/C=C\CCCC)COP(=O)([O-])OCC[N+](C)(C)C. The Bertz CT molecular complexity index is 1120. The highest BCUT2D eigenvalue weighted by molar-refractivity contribution is 7.45. The van der Waals surface area contributed by atoms with E-state index >= 15 is 0 Å². The number of likely N-dealkylation sites (N-methyl/N-ethyl adjacent to an activating group) is 1. The summed E-state index contributed by atoms with van der Waals surface area (Å²) in [5.41, 5.74) is 0. The van der Waals surface area contributed by atoms with E-state index in [1.165, 1.54) is 38.5 Å². The number of hydrogen-bond acceptors (Lipinski definition) is 7. The summed E-state index contributed by atoms with van der Waals surface area (Å²) in [6.45, 7) is 5.11. The van der Waals surface area contributed by atoms with Gasteiger partial charge in [0.15, 0.2) is 0 Å². The van der Waals surface area contributed by atoms with Crippen molar-refractivity contribution in [1.29, 1.82) is 0 Å². The molecular formula is C44H76NO7P. The van der Waals surface area contributed by atoms with Gasteiger partial charge in [-0.25, -0.2) is 0 Å². The average Bonchev–Trinajstić information content (AvgIpc) is 3.11. The molecule has 0 radical (unpaired) electrons. The first-order valence-corrected chi connectivity index (χ1v) is 21.8. The van der Waals surface area contributed by atoms with Crippen molar-refractivity contribution in [2.45, 2.75) is 136 Å². The molecule has 0 rings (SSSR count). The fraction of sp³-hybridized carbons (Fsp3) is 0.659. The molecule has 0 aromatic heterocycles. The number of esters is 1. The van der Waals surface area contributed by atoms with Crippen molar-refractivity contribution in [3.8, 4) is 0 Å². The second-order valence-corrected chi connectivity index (χ2v) is 15.7. The van der Waals surface area contributed by atoms with Gasteiger partial charge >= 0.3 is 5.97 Å². The molecule has 0 saturated heterocycles. The topological polar surface area (TPSA) is 94.1 Å².